The van der Waals surface area contributed by atoms with E-state index in [9.17, 15) is 13.2 Å². The largest absolute Gasteiger partial charge is 0.467 e. The zero-order valence-electron chi connectivity index (χ0n) is 13.6. The van der Waals surface area contributed by atoms with Crippen LogP contribution in [0.3, 0.4) is 0 Å². The summed E-state index contributed by atoms with van der Waals surface area (Å²) < 4.78 is 31.3. The Morgan fingerprint density at radius 3 is 2.42 bits per heavy atom. The molecule has 1 aliphatic carbocycles. The third-order valence-corrected chi connectivity index (χ3v) is 5.66. The van der Waals surface area contributed by atoms with Gasteiger partial charge in [0.05, 0.1) is 17.2 Å². The van der Waals surface area contributed by atoms with Crippen LogP contribution in [0.5, 0.6) is 0 Å². The molecule has 1 heterocycles. The highest BCUT2D eigenvalue weighted by molar-refractivity contribution is 7.89. The summed E-state index contributed by atoms with van der Waals surface area (Å²) in [5, 5.41) is 0. The molecule has 0 radical (unpaired) electrons. The number of furan rings is 1. The zero-order valence-corrected chi connectivity index (χ0v) is 14.4. The molecule has 2 aromatic rings. The van der Waals surface area contributed by atoms with Gasteiger partial charge in [-0.3, -0.25) is 4.79 Å². The van der Waals surface area contributed by atoms with Crippen molar-refractivity contribution in [3.63, 3.8) is 0 Å². The highest BCUT2D eigenvalue weighted by Crippen LogP contribution is 2.35. The van der Waals surface area contributed by atoms with Gasteiger partial charge in [-0.1, -0.05) is 0 Å². The van der Waals surface area contributed by atoms with Gasteiger partial charge in [-0.2, -0.15) is 0 Å². The molecule has 1 fully saturated rings. The molecule has 1 amide bonds. The third kappa shape index (κ3) is 3.22. The molecule has 24 heavy (non-hydrogen) atoms. The van der Waals surface area contributed by atoms with Gasteiger partial charge in [-0.05, 0) is 63.2 Å². The van der Waals surface area contributed by atoms with Gasteiger partial charge in [-0.15, -0.1) is 0 Å². The van der Waals surface area contributed by atoms with Crippen molar-refractivity contribution in [3.05, 3.63) is 54.0 Å². The van der Waals surface area contributed by atoms with Gasteiger partial charge in [0.1, 0.15) is 5.76 Å². The molecule has 3 rings (SSSR count). The molecular formula is C17H20N2O4S. The number of nitrogens with one attached hydrogen (secondary N) is 1. The second-order valence-corrected chi connectivity index (χ2v) is 7.75. The Bertz CT molecular complexity index is 809. The average molecular weight is 348 g/mol. The van der Waals surface area contributed by atoms with Crippen LogP contribution < -0.4 is 4.72 Å². The van der Waals surface area contributed by atoms with Crippen molar-refractivity contribution >= 4 is 15.9 Å². The number of hydrogen-bond donors (Lipinski definition) is 1. The summed E-state index contributed by atoms with van der Waals surface area (Å²) in [6, 6.07) is 9.70. The topological polar surface area (TPSA) is 79.6 Å². The van der Waals surface area contributed by atoms with E-state index in [2.05, 4.69) is 4.72 Å². The van der Waals surface area contributed by atoms with Crippen molar-refractivity contribution in [2.75, 3.05) is 7.05 Å². The summed E-state index contributed by atoms with van der Waals surface area (Å²) in [6.07, 6.45) is 3.55. The first kappa shape index (κ1) is 16.7. The molecule has 1 aromatic heterocycles. The molecule has 0 spiro atoms. The number of benzene rings is 1. The molecule has 7 heteroatoms. The molecule has 0 saturated heterocycles. The minimum atomic E-state index is -3.51. The normalized spacial score (nSPS) is 15.9. The smallest absolute Gasteiger partial charge is 0.254 e. The lowest BCUT2D eigenvalue weighted by atomic mass is 10.1. The Balaban J connectivity index is 1.86. The molecular weight excluding hydrogens is 328 g/mol. The van der Waals surface area contributed by atoms with Crippen LogP contribution in [0.1, 0.15) is 41.9 Å². The summed E-state index contributed by atoms with van der Waals surface area (Å²) in [5.74, 6) is 0.624. The van der Waals surface area contributed by atoms with Crippen molar-refractivity contribution in [1.82, 2.24) is 9.62 Å². The van der Waals surface area contributed by atoms with Crippen LogP contribution in [0.4, 0.5) is 0 Å². The lowest BCUT2D eigenvalue weighted by molar-refractivity contribution is 0.0652. The van der Waals surface area contributed by atoms with Gasteiger partial charge >= 0.3 is 0 Å². The van der Waals surface area contributed by atoms with Crippen molar-refractivity contribution in [1.29, 1.82) is 0 Å². The zero-order chi connectivity index (χ0) is 17.3. The maximum Gasteiger partial charge on any atom is 0.254 e. The van der Waals surface area contributed by atoms with E-state index in [-0.39, 0.29) is 22.9 Å². The maximum absolute atomic E-state index is 12.9. The summed E-state index contributed by atoms with van der Waals surface area (Å²) in [6.45, 7) is 1.94. The molecule has 1 atom stereocenters. The van der Waals surface area contributed by atoms with E-state index >= 15 is 0 Å². The van der Waals surface area contributed by atoms with Gasteiger partial charge in [0.2, 0.25) is 10.0 Å². The molecule has 1 aliphatic rings. The summed E-state index contributed by atoms with van der Waals surface area (Å²) >= 11 is 0. The van der Waals surface area contributed by atoms with E-state index in [0.717, 1.165) is 18.6 Å². The number of carbonyl (C=O) groups excluding carboxylic acids is 1. The van der Waals surface area contributed by atoms with Crippen molar-refractivity contribution < 1.29 is 17.6 Å². The predicted octanol–water partition coefficient (Wildman–Crippen LogP) is 2.55. The van der Waals surface area contributed by atoms with Crippen LogP contribution in [0.15, 0.2) is 52.0 Å². The summed E-state index contributed by atoms with van der Waals surface area (Å²) in [7, 11) is -2.15. The Labute approximate surface area is 141 Å². The standard InChI is InChI=1S/C17H20N2O4S/c1-12(16-4-3-11-23-16)19(14-7-8-14)17(20)13-5-9-15(10-6-13)24(21,22)18-2/h3-6,9-12,14,18H,7-8H2,1-2H3. The molecule has 128 valence electrons. The summed E-state index contributed by atoms with van der Waals surface area (Å²) in [4.78, 5) is 14.9. The van der Waals surface area contributed by atoms with Crippen molar-refractivity contribution in [2.24, 2.45) is 0 Å². The first-order valence-electron chi connectivity index (χ1n) is 7.83. The average Bonchev–Trinajstić information content (AvgIpc) is 3.26. The fraction of sp³-hybridized carbons (Fsp3) is 0.353. The SMILES string of the molecule is CNS(=O)(=O)c1ccc(C(=O)N(C2CC2)C(C)c2ccco2)cc1. The van der Waals surface area contributed by atoms with Gasteiger partial charge in [-0.25, -0.2) is 13.1 Å². The Kier molecular flexibility index (Phi) is 4.47. The lowest BCUT2D eigenvalue weighted by Crippen LogP contribution is -2.35. The van der Waals surface area contributed by atoms with Crippen LogP contribution in [-0.2, 0) is 10.0 Å². The van der Waals surface area contributed by atoms with E-state index in [1.165, 1.54) is 19.2 Å². The molecule has 1 N–H and O–H groups in total. The second-order valence-electron chi connectivity index (χ2n) is 5.87. The molecule has 0 bridgehead atoms. The minimum Gasteiger partial charge on any atom is -0.467 e. The van der Waals surface area contributed by atoms with Crippen LogP contribution in [0, 0.1) is 0 Å². The van der Waals surface area contributed by atoms with E-state index in [0.29, 0.717) is 5.56 Å². The van der Waals surface area contributed by atoms with Gasteiger partial charge in [0.25, 0.3) is 5.91 Å². The number of sulfonamides is 1. The first-order chi connectivity index (χ1) is 11.4. The predicted molar refractivity (Wildman–Crippen MR) is 89.0 cm³/mol. The van der Waals surface area contributed by atoms with Crippen LogP contribution in [-0.4, -0.2) is 32.3 Å². The molecule has 1 saturated carbocycles. The Hall–Kier alpha value is -2.12. The van der Waals surface area contributed by atoms with E-state index < -0.39 is 10.0 Å². The minimum absolute atomic E-state index is 0.116. The highest BCUT2D eigenvalue weighted by atomic mass is 32.2. The van der Waals surface area contributed by atoms with Crippen molar-refractivity contribution in [2.45, 2.75) is 36.7 Å². The molecule has 1 unspecified atom stereocenters. The van der Waals surface area contributed by atoms with Gasteiger partial charge in [0.15, 0.2) is 0 Å². The Morgan fingerprint density at radius 1 is 1.25 bits per heavy atom. The number of amides is 1. The molecule has 1 aromatic carbocycles. The number of hydrogen-bond acceptors (Lipinski definition) is 4. The van der Waals surface area contributed by atoms with Crippen LogP contribution >= 0.6 is 0 Å². The van der Waals surface area contributed by atoms with E-state index in [4.69, 9.17) is 4.42 Å². The van der Waals surface area contributed by atoms with Crippen LogP contribution in [0.25, 0.3) is 0 Å². The second kappa shape index (κ2) is 6.41. The summed E-state index contributed by atoms with van der Waals surface area (Å²) in [5.41, 5.74) is 0.468. The highest BCUT2D eigenvalue weighted by Gasteiger charge is 2.37. The third-order valence-electron chi connectivity index (χ3n) is 4.23. The van der Waals surface area contributed by atoms with Crippen LogP contribution in [0.2, 0.25) is 0 Å². The fourth-order valence-corrected chi connectivity index (χ4v) is 3.45. The first-order valence-corrected chi connectivity index (χ1v) is 9.32. The van der Waals surface area contributed by atoms with Gasteiger partial charge < -0.3 is 9.32 Å². The van der Waals surface area contributed by atoms with Crippen molar-refractivity contribution in [3.8, 4) is 0 Å². The quantitative estimate of drug-likeness (QED) is 0.870. The molecule has 6 nitrogen and oxygen atoms in total. The van der Waals surface area contributed by atoms with E-state index in [1.807, 2.05) is 17.9 Å². The number of carbonyl (C=O) groups is 1. The Morgan fingerprint density at radius 2 is 1.92 bits per heavy atom. The monoisotopic (exact) mass is 348 g/mol. The molecule has 0 aliphatic heterocycles. The number of nitrogens with zero attached hydrogens (tertiary/aromatic N) is 1. The lowest BCUT2D eigenvalue weighted by Gasteiger charge is -2.28. The van der Waals surface area contributed by atoms with Gasteiger partial charge in [0, 0.05) is 11.6 Å². The van der Waals surface area contributed by atoms with E-state index in [1.54, 1.807) is 24.5 Å². The fourth-order valence-electron chi connectivity index (χ4n) is 2.72. The number of rotatable bonds is 6. The maximum atomic E-state index is 12.9.